The van der Waals surface area contributed by atoms with Crippen molar-refractivity contribution in [2.75, 3.05) is 9.80 Å². The summed E-state index contributed by atoms with van der Waals surface area (Å²) in [5, 5.41) is 0. The van der Waals surface area contributed by atoms with E-state index in [9.17, 15) is 4.79 Å². The second-order valence-corrected chi connectivity index (χ2v) is 15.4. The number of hydrogen-bond acceptors (Lipinski definition) is 4. The zero-order valence-corrected chi connectivity index (χ0v) is 33.2. The fraction of sp³-hybridized carbons (Fsp3) is 0.235. The average Bonchev–Trinajstić information content (AvgIpc) is 3.20. The summed E-state index contributed by atoms with van der Waals surface area (Å²) >= 11 is 0. The quantitative estimate of drug-likeness (QED) is 0.0800. The summed E-state index contributed by atoms with van der Waals surface area (Å²) < 4.78 is 5.84. The predicted molar refractivity (Wildman–Crippen MR) is 230 cm³/mol. The van der Waals surface area contributed by atoms with Crippen molar-refractivity contribution < 1.29 is 9.53 Å². The Morgan fingerprint density at radius 3 is 1.49 bits per heavy atom. The number of ether oxygens (including phenoxy) is 1. The lowest BCUT2D eigenvalue weighted by atomic mass is 9.65. The van der Waals surface area contributed by atoms with Gasteiger partial charge in [-0.2, -0.15) is 0 Å². The van der Waals surface area contributed by atoms with Crippen LogP contribution in [0, 0.1) is 41.5 Å². The standard InChI is InChI=1S/C51H52N2O2/c1-8-50(54)55-49-32-36(3)14-29-48(49)53(47-24-16-38(5)40(7)34-47)45-27-19-42(20-28-45)51(30-10-9-11-31-51)41-17-25-44(26-18-41)52(43-21-12-35(2)13-22-43)46-23-15-37(4)39(6)33-46/h8,12-29,32-34H,1,9-11,30-31H2,2-7H3. The molecule has 1 aliphatic rings. The summed E-state index contributed by atoms with van der Waals surface area (Å²) in [5.41, 5.74) is 16.1. The van der Waals surface area contributed by atoms with Gasteiger partial charge in [-0.25, -0.2) is 4.79 Å². The summed E-state index contributed by atoms with van der Waals surface area (Å²) in [7, 11) is 0. The molecule has 0 N–H and O–H groups in total. The van der Waals surface area contributed by atoms with Crippen LogP contribution >= 0.6 is 0 Å². The van der Waals surface area contributed by atoms with Crippen LogP contribution in [0.5, 0.6) is 5.75 Å². The van der Waals surface area contributed by atoms with Crippen molar-refractivity contribution in [1.82, 2.24) is 0 Å². The highest BCUT2D eigenvalue weighted by molar-refractivity contribution is 5.87. The molecule has 0 amide bonds. The molecule has 0 aromatic heterocycles. The van der Waals surface area contributed by atoms with Crippen LogP contribution in [0.4, 0.5) is 34.1 Å². The van der Waals surface area contributed by atoms with Gasteiger partial charge in [0.1, 0.15) is 0 Å². The topological polar surface area (TPSA) is 32.8 Å². The van der Waals surface area contributed by atoms with Gasteiger partial charge in [0.05, 0.1) is 5.69 Å². The van der Waals surface area contributed by atoms with E-state index in [1.165, 1.54) is 64.3 Å². The number of hydrogen-bond donors (Lipinski definition) is 0. The van der Waals surface area contributed by atoms with Crippen LogP contribution in [0.1, 0.15) is 76.6 Å². The SMILES string of the molecule is C=CC(=O)Oc1cc(C)ccc1N(c1ccc(C2(c3ccc(N(c4ccc(C)cc4)c4ccc(C)c(C)c4)cc3)CCCCC2)cc1)c1ccc(C)c(C)c1. The molecule has 4 heteroatoms. The number of aryl methyl sites for hydroxylation is 6. The molecule has 0 unspecified atom stereocenters. The molecule has 278 valence electrons. The first kappa shape index (κ1) is 37.4. The van der Waals surface area contributed by atoms with Gasteiger partial charge in [0.15, 0.2) is 5.75 Å². The van der Waals surface area contributed by atoms with Crippen LogP contribution in [-0.4, -0.2) is 5.97 Å². The molecule has 0 spiro atoms. The molecule has 0 atom stereocenters. The van der Waals surface area contributed by atoms with E-state index < -0.39 is 5.97 Å². The number of carbonyl (C=O) groups is 1. The highest BCUT2D eigenvalue weighted by Crippen LogP contribution is 2.48. The Morgan fingerprint density at radius 1 is 0.527 bits per heavy atom. The zero-order valence-electron chi connectivity index (χ0n) is 33.2. The molecule has 0 aliphatic heterocycles. The van der Waals surface area contributed by atoms with E-state index >= 15 is 0 Å². The van der Waals surface area contributed by atoms with E-state index in [1.54, 1.807) is 0 Å². The van der Waals surface area contributed by atoms with Crippen LogP contribution in [0.2, 0.25) is 0 Å². The minimum atomic E-state index is -0.483. The Kier molecular flexibility index (Phi) is 10.8. The summed E-state index contributed by atoms with van der Waals surface area (Å²) in [6.07, 6.45) is 7.05. The second kappa shape index (κ2) is 15.8. The van der Waals surface area contributed by atoms with Crippen molar-refractivity contribution in [1.29, 1.82) is 0 Å². The van der Waals surface area contributed by atoms with Crippen LogP contribution in [0.15, 0.2) is 140 Å². The Morgan fingerprint density at radius 2 is 0.982 bits per heavy atom. The van der Waals surface area contributed by atoms with Crippen molar-refractivity contribution >= 4 is 40.1 Å². The average molecular weight is 725 g/mol. The Labute approximate surface area is 327 Å². The highest BCUT2D eigenvalue weighted by Gasteiger charge is 2.36. The maximum Gasteiger partial charge on any atom is 0.335 e. The van der Waals surface area contributed by atoms with Crippen molar-refractivity contribution in [3.8, 4) is 5.75 Å². The number of anilines is 6. The normalized spacial score (nSPS) is 13.6. The summed E-state index contributed by atoms with van der Waals surface area (Å²) in [6.45, 7) is 16.4. The second-order valence-electron chi connectivity index (χ2n) is 15.4. The minimum absolute atomic E-state index is 0.0930. The lowest BCUT2D eigenvalue weighted by Gasteiger charge is -2.39. The Balaban J connectivity index is 1.29. The molecule has 6 aromatic rings. The molecule has 55 heavy (non-hydrogen) atoms. The molecule has 0 heterocycles. The van der Waals surface area contributed by atoms with E-state index in [4.69, 9.17) is 4.74 Å². The number of carbonyl (C=O) groups excluding carboxylic acids is 1. The van der Waals surface area contributed by atoms with Crippen molar-refractivity contribution in [3.63, 3.8) is 0 Å². The van der Waals surface area contributed by atoms with Gasteiger partial charge in [0, 0.05) is 39.9 Å². The molecule has 7 rings (SSSR count). The van der Waals surface area contributed by atoms with Gasteiger partial charge >= 0.3 is 5.97 Å². The van der Waals surface area contributed by atoms with Crippen LogP contribution in [0.25, 0.3) is 0 Å². The van der Waals surface area contributed by atoms with Crippen molar-refractivity contribution in [3.05, 3.63) is 185 Å². The molecular formula is C51H52N2O2. The van der Waals surface area contributed by atoms with E-state index in [1.807, 2.05) is 19.1 Å². The maximum atomic E-state index is 12.5. The fourth-order valence-corrected chi connectivity index (χ4v) is 8.09. The van der Waals surface area contributed by atoms with Gasteiger partial charge in [-0.15, -0.1) is 0 Å². The summed E-state index contributed by atoms with van der Waals surface area (Å²) in [6, 6.07) is 46.5. The lowest BCUT2D eigenvalue weighted by Crippen LogP contribution is -2.30. The number of rotatable bonds is 10. The third kappa shape index (κ3) is 7.73. The molecule has 6 aromatic carbocycles. The van der Waals surface area contributed by atoms with Gasteiger partial charge in [-0.1, -0.05) is 86.0 Å². The third-order valence-corrected chi connectivity index (χ3v) is 11.6. The smallest absolute Gasteiger partial charge is 0.335 e. The molecule has 1 saturated carbocycles. The van der Waals surface area contributed by atoms with Crippen LogP contribution in [-0.2, 0) is 10.2 Å². The molecule has 0 saturated heterocycles. The van der Waals surface area contributed by atoms with Crippen LogP contribution in [0.3, 0.4) is 0 Å². The molecule has 0 bridgehead atoms. The van der Waals surface area contributed by atoms with Gasteiger partial charge in [0.25, 0.3) is 0 Å². The van der Waals surface area contributed by atoms with Crippen molar-refractivity contribution in [2.45, 2.75) is 79.1 Å². The van der Waals surface area contributed by atoms with Crippen LogP contribution < -0.4 is 14.5 Å². The molecule has 4 nitrogen and oxygen atoms in total. The molecular weight excluding hydrogens is 673 g/mol. The summed E-state index contributed by atoms with van der Waals surface area (Å²) in [4.78, 5) is 17.1. The van der Waals surface area contributed by atoms with E-state index in [2.05, 4.69) is 166 Å². The number of benzene rings is 6. The van der Waals surface area contributed by atoms with Gasteiger partial charge in [-0.05, 0) is 166 Å². The fourth-order valence-electron chi connectivity index (χ4n) is 8.09. The third-order valence-electron chi connectivity index (χ3n) is 11.6. The molecule has 1 aliphatic carbocycles. The van der Waals surface area contributed by atoms with Gasteiger partial charge in [-0.3, -0.25) is 0 Å². The number of esters is 1. The monoisotopic (exact) mass is 724 g/mol. The first-order chi connectivity index (χ1) is 26.6. The van der Waals surface area contributed by atoms with Gasteiger partial charge < -0.3 is 14.5 Å². The first-order valence-corrected chi connectivity index (χ1v) is 19.5. The van der Waals surface area contributed by atoms with Crippen molar-refractivity contribution in [2.24, 2.45) is 0 Å². The largest absolute Gasteiger partial charge is 0.421 e. The maximum absolute atomic E-state index is 12.5. The predicted octanol–water partition coefficient (Wildman–Crippen LogP) is 13.8. The summed E-state index contributed by atoms with van der Waals surface area (Å²) in [5.74, 6) is 0.0139. The van der Waals surface area contributed by atoms with E-state index in [0.29, 0.717) is 5.75 Å². The Bertz CT molecular complexity index is 2310. The molecule has 1 fully saturated rings. The van der Waals surface area contributed by atoms with Gasteiger partial charge in [0.2, 0.25) is 0 Å². The van der Waals surface area contributed by atoms with E-state index in [-0.39, 0.29) is 5.41 Å². The Hall–Kier alpha value is -5.87. The lowest BCUT2D eigenvalue weighted by molar-refractivity contribution is -0.128. The molecule has 0 radical (unpaired) electrons. The highest BCUT2D eigenvalue weighted by atomic mass is 16.5. The first-order valence-electron chi connectivity index (χ1n) is 19.5. The number of nitrogens with zero attached hydrogens (tertiary/aromatic N) is 2. The van der Waals surface area contributed by atoms with E-state index in [0.717, 1.165) is 52.5 Å². The zero-order chi connectivity index (χ0) is 38.7. The minimum Gasteiger partial charge on any atom is -0.421 e.